The molecule has 2 rings (SSSR count). The molecular formula is C22H26N4O5S. The van der Waals surface area contributed by atoms with Gasteiger partial charge < -0.3 is 15.4 Å². The highest BCUT2D eigenvalue weighted by Gasteiger charge is 2.15. The number of nitriles is 1. The van der Waals surface area contributed by atoms with Crippen molar-refractivity contribution in [2.75, 3.05) is 31.6 Å². The summed E-state index contributed by atoms with van der Waals surface area (Å²) in [7, 11) is -3.75. The topological polar surface area (TPSA) is 137 Å². The van der Waals surface area contributed by atoms with Gasteiger partial charge in [-0.2, -0.15) is 5.26 Å². The zero-order valence-corrected chi connectivity index (χ0v) is 18.6. The van der Waals surface area contributed by atoms with E-state index in [9.17, 15) is 18.0 Å². The van der Waals surface area contributed by atoms with Crippen LogP contribution in [-0.2, 0) is 14.8 Å². The predicted molar refractivity (Wildman–Crippen MR) is 120 cm³/mol. The Hall–Kier alpha value is -3.26. The number of sulfonamides is 1. The maximum absolute atomic E-state index is 12.5. The van der Waals surface area contributed by atoms with E-state index in [0.717, 1.165) is 0 Å². The molecule has 0 bridgehead atoms. The van der Waals surface area contributed by atoms with Crippen molar-refractivity contribution in [1.82, 2.24) is 10.0 Å². The molecule has 0 fully saturated rings. The van der Waals surface area contributed by atoms with E-state index in [1.807, 2.05) is 13.0 Å². The monoisotopic (exact) mass is 458 g/mol. The second-order valence-corrected chi connectivity index (χ2v) is 8.44. The standard InChI is InChI=1S/C22H26N4O5S/c1-2-31-15-5-13-24-21(27)18-6-3-7-19(16-18)26-22(28)17-8-10-20(11-9-17)32(29,30)25-14-4-12-23/h3,6-11,16,25H,2,4-5,13-15H2,1H3,(H,24,27)(H,26,28). The van der Waals surface area contributed by atoms with Crippen molar-refractivity contribution >= 4 is 27.5 Å². The lowest BCUT2D eigenvalue weighted by Crippen LogP contribution is -2.25. The lowest BCUT2D eigenvalue weighted by molar-refractivity contribution is 0.0943. The number of anilines is 1. The first-order valence-corrected chi connectivity index (χ1v) is 11.6. The van der Waals surface area contributed by atoms with Crippen LogP contribution in [0.4, 0.5) is 5.69 Å². The van der Waals surface area contributed by atoms with E-state index in [1.165, 1.54) is 24.3 Å². The summed E-state index contributed by atoms with van der Waals surface area (Å²) in [5.41, 5.74) is 1.10. The van der Waals surface area contributed by atoms with Crippen LogP contribution < -0.4 is 15.4 Å². The third-order valence-electron chi connectivity index (χ3n) is 4.29. The van der Waals surface area contributed by atoms with E-state index in [1.54, 1.807) is 24.3 Å². The van der Waals surface area contributed by atoms with Gasteiger partial charge in [0.05, 0.1) is 11.0 Å². The highest BCUT2D eigenvalue weighted by molar-refractivity contribution is 7.89. The van der Waals surface area contributed by atoms with E-state index in [4.69, 9.17) is 10.00 Å². The molecule has 0 spiro atoms. The molecule has 170 valence electrons. The second-order valence-electron chi connectivity index (χ2n) is 6.67. The van der Waals surface area contributed by atoms with Crippen molar-refractivity contribution < 1.29 is 22.7 Å². The van der Waals surface area contributed by atoms with Gasteiger partial charge in [0.15, 0.2) is 0 Å². The van der Waals surface area contributed by atoms with Gasteiger partial charge in [0.25, 0.3) is 11.8 Å². The minimum absolute atomic E-state index is 0.00463. The molecule has 0 saturated carbocycles. The lowest BCUT2D eigenvalue weighted by atomic mass is 10.1. The molecule has 10 heteroatoms. The van der Waals surface area contributed by atoms with Crippen molar-refractivity contribution in [2.45, 2.75) is 24.7 Å². The molecule has 0 aliphatic carbocycles. The summed E-state index contributed by atoms with van der Waals surface area (Å²) in [6.45, 7) is 3.61. The normalized spacial score (nSPS) is 10.9. The van der Waals surface area contributed by atoms with Crippen LogP contribution in [0.25, 0.3) is 0 Å². The van der Waals surface area contributed by atoms with Gasteiger partial charge in [0, 0.05) is 49.5 Å². The first kappa shape index (κ1) is 25.0. The Morgan fingerprint density at radius 3 is 2.47 bits per heavy atom. The van der Waals surface area contributed by atoms with Crippen LogP contribution in [0.5, 0.6) is 0 Å². The molecule has 2 aromatic rings. The Kier molecular flexibility index (Phi) is 9.81. The zero-order valence-electron chi connectivity index (χ0n) is 17.8. The number of hydrogen-bond donors (Lipinski definition) is 3. The van der Waals surface area contributed by atoms with Gasteiger partial charge in [-0.1, -0.05) is 6.07 Å². The van der Waals surface area contributed by atoms with Gasteiger partial charge in [-0.15, -0.1) is 0 Å². The highest BCUT2D eigenvalue weighted by atomic mass is 32.2. The van der Waals surface area contributed by atoms with E-state index in [2.05, 4.69) is 15.4 Å². The Morgan fingerprint density at radius 1 is 1.03 bits per heavy atom. The fourth-order valence-corrected chi connectivity index (χ4v) is 3.71. The number of hydrogen-bond acceptors (Lipinski definition) is 6. The minimum Gasteiger partial charge on any atom is -0.382 e. The van der Waals surface area contributed by atoms with Crippen LogP contribution in [0.2, 0.25) is 0 Å². The van der Waals surface area contributed by atoms with Gasteiger partial charge in [-0.05, 0) is 55.8 Å². The molecule has 0 unspecified atom stereocenters. The number of amides is 2. The molecular weight excluding hydrogens is 432 g/mol. The molecule has 0 radical (unpaired) electrons. The number of carbonyl (C=O) groups is 2. The number of carbonyl (C=O) groups excluding carboxylic acids is 2. The van der Waals surface area contributed by atoms with Crippen LogP contribution in [0.3, 0.4) is 0 Å². The molecule has 0 atom stereocenters. The van der Waals surface area contributed by atoms with Gasteiger partial charge in [-0.25, -0.2) is 13.1 Å². The average molecular weight is 459 g/mol. The number of benzene rings is 2. The zero-order chi connectivity index (χ0) is 23.4. The molecule has 0 heterocycles. The Morgan fingerprint density at radius 2 is 1.78 bits per heavy atom. The summed E-state index contributed by atoms with van der Waals surface area (Å²) in [5.74, 6) is -0.697. The molecule has 2 amide bonds. The Bertz CT molecular complexity index is 1060. The summed E-state index contributed by atoms with van der Waals surface area (Å²) in [4.78, 5) is 24.8. The van der Waals surface area contributed by atoms with Crippen LogP contribution >= 0.6 is 0 Å². The summed E-state index contributed by atoms with van der Waals surface area (Å²) in [5, 5.41) is 14.0. The van der Waals surface area contributed by atoms with Crippen LogP contribution in [0.1, 0.15) is 40.5 Å². The average Bonchev–Trinajstić information content (AvgIpc) is 2.79. The number of nitrogens with zero attached hydrogens (tertiary/aromatic N) is 1. The molecule has 0 aliphatic rings. The molecule has 0 saturated heterocycles. The first-order valence-electron chi connectivity index (χ1n) is 10.1. The largest absolute Gasteiger partial charge is 0.382 e. The molecule has 3 N–H and O–H groups in total. The number of nitrogens with one attached hydrogen (secondary N) is 3. The van der Waals surface area contributed by atoms with Crippen molar-refractivity contribution in [2.24, 2.45) is 0 Å². The third kappa shape index (κ3) is 7.77. The van der Waals surface area contributed by atoms with E-state index in [0.29, 0.717) is 37.4 Å². The van der Waals surface area contributed by atoms with Crippen molar-refractivity contribution in [1.29, 1.82) is 5.26 Å². The van der Waals surface area contributed by atoms with Crippen LogP contribution in [0, 0.1) is 11.3 Å². The summed E-state index contributed by atoms with van der Waals surface area (Å²) < 4.78 is 31.8. The fourth-order valence-electron chi connectivity index (χ4n) is 2.67. The maximum atomic E-state index is 12.5. The molecule has 32 heavy (non-hydrogen) atoms. The van der Waals surface area contributed by atoms with E-state index < -0.39 is 15.9 Å². The molecule has 0 aromatic heterocycles. The Balaban J connectivity index is 1.97. The molecule has 9 nitrogen and oxygen atoms in total. The van der Waals surface area contributed by atoms with Crippen LogP contribution in [0.15, 0.2) is 53.4 Å². The van der Waals surface area contributed by atoms with Crippen molar-refractivity contribution in [3.05, 3.63) is 59.7 Å². The van der Waals surface area contributed by atoms with Gasteiger partial charge in [-0.3, -0.25) is 9.59 Å². The number of ether oxygens (including phenoxy) is 1. The first-order chi connectivity index (χ1) is 15.4. The fraction of sp³-hybridized carbons (Fsp3) is 0.318. The second kappa shape index (κ2) is 12.6. The summed E-state index contributed by atoms with van der Waals surface area (Å²) in [6.07, 6.45) is 0.764. The highest BCUT2D eigenvalue weighted by Crippen LogP contribution is 2.15. The predicted octanol–water partition coefficient (Wildman–Crippen LogP) is 2.29. The van der Waals surface area contributed by atoms with E-state index >= 15 is 0 Å². The van der Waals surface area contributed by atoms with Crippen molar-refractivity contribution in [3.8, 4) is 6.07 Å². The molecule has 2 aromatic carbocycles. The minimum atomic E-state index is -3.75. The third-order valence-corrected chi connectivity index (χ3v) is 5.77. The van der Waals surface area contributed by atoms with E-state index in [-0.39, 0.29) is 29.3 Å². The summed E-state index contributed by atoms with van der Waals surface area (Å²) in [6, 6.07) is 13.8. The quantitative estimate of drug-likeness (QED) is 0.417. The summed E-state index contributed by atoms with van der Waals surface area (Å²) >= 11 is 0. The van der Waals surface area contributed by atoms with Gasteiger partial charge in [0.1, 0.15) is 0 Å². The smallest absolute Gasteiger partial charge is 0.255 e. The van der Waals surface area contributed by atoms with Gasteiger partial charge in [0.2, 0.25) is 10.0 Å². The SMILES string of the molecule is CCOCCCNC(=O)c1cccc(NC(=O)c2ccc(S(=O)(=O)NCCC#N)cc2)c1. The van der Waals surface area contributed by atoms with Crippen LogP contribution in [-0.4, -0.2) is 46.5 Å². The number of rotatable bonds is 12. The maximum Gasteiger partial charge on any atom is 0.255 e. The lowest BCUT2D eigenvalue weighted by Gasteiger charge is -2.09. The molecule has 0 aliphatic heterocycles. The van der Waals surface area contributed by atoms with Gasteiger partial charge >= 0.3 is 0 Å². The Labute approximate surface area is 187 Å². The van der Waals surface area contributed by atoms with Crippen molar-refractivity contribution in [3.63, 3.8) is 0 Å².